The molecule has 0 saturated heterocycles. The average Bonchev–Trinajstić information content (AvgIpc) is 2.85. The van der Waals surface area contributed by atoms with Gasteiger partial charge in [0.25, 0.3) is 0 Å². The van der Waals surface area contributed by atoms with Crippen LogP contribution in [-0.2, 0) is 24.2 Å². The fourth-order valence-corrected chi connectivity index (χ4v) is 3.53. The number of aromatic nitrogens is 2. The summed E-state index contributed by atoms with van der Waals surface area (Å²) < 4.78 is 3.23. The van der Waals surface area contributed by atoms with Crippen LogP contribution in [0.15, 0.2) is 4.47 Å². The maximum absolute atomic E-state index is 11.6. The molecule has 2 atom stereocenters. The monoisotopic (exact) mass is 312 g/mol. The molecule has 0 aromatic carbocycles. The van der Waals surface area contributed by atoms with Crippen molar-refractivity contribution in [2.24, 2.45) is 11.8 Å². The highest BCUT2D eigenvalue weighted by Crippen LogP contribution is 2.34. The molecule has 1 aromatic heterocycles. The van der Waals surface area contributed by atoms with Crippen molar-refractivity contribution >= 4 is 21.7 Å². The number of carbonyl (C=O) groups is 1. The van der Waals surface area contributed by atoms with Crippen molar-refractivity contribution in [3.05, 3.63) is 15.9 Å². The first kappa shape index (κ1) is 13.8. The Kier molecular flexibility index (Phi) is 4.25. The summed E-state index contributed by atoms with van der Waals surface area (Å²) >= 11 is 3.68. The van der Waals surface area contributed by atoms with Crippen LogP contribution in [0.25, 0.3) is 0 Å². The van der Waals surface area contributed by atoms with Gasteiger partial charge in [-0.15, -0.1) is 0 Å². The molecule has 0 amide bonds. The van der Waals surface area contributed by atoms with E-state index in [4.69, 9.17) is 0 Å². The molecule has 1 aromatic rings. The molecule has 100 valence electrons. The molecule has 1 fully saturated rings. The first-order valence-electron chi connectivity index (χ1n) is 6.85. The Morgan fingerprint density at radius 1 is 1.44 bits per heavy atom. The van der Waals surface area contributed by atoms with Gasteiger partial charge >= 0.3 is 0 Å². The number of nitrogens with zero attached hydrogens (tertiary/aromatic N) is 2. The van der Waals surface area contributed by atoms with Gasteiger partial charge in [0.2, 0.25) is 0 Å². The Bertz CT molecular complexity index is 453. The van der Waals surface area contributed by atoms with Crippen LogP contribution in [0.4, 0.5) is 0 Å². The van der Waals surface area contributed by atoms with Crippen LogP contribution < -0.4 is 0 Å². The molecule has 18 heavy (non-hydrogen) atoms. The number of halogens is 1. The van der Waals surface area contributed by atoms with E-state index in [9.17, 15) is 4.79 Å². The molecule has 0 radical (unpaired) electrons. The number of aryl methyl sites for hydroxylation is 2. The van der Waals surface area contributed by atoms with Crippen molar-refractivity contribution in [2.75, 3.05) is 0 Å². The van der Waals surface area contributed by atoms with Crippen LogP contribution in [0.5, 0.6) is 0 Å². The van der Waals surface area contributed by atoms with Gasteiger partial charge in [-0.05, 0) is 48.0 Å². The summed E-state index contributed by atoms with van der Waals surface area (Å²) in [6.45, 7) is 7.20. The molecule has 0 bridgehead atoms. The van der Waals surface area contributed by atoms with Crippen molar-refractivity contribution in [1.82, 2.24) is 9.78 Å². The molecule has 3 nitrogen and oxygen atoms in total. The van der Waals surface area contributed by atoms with Crippen LogP contribution in [0.1, 0.15) is 45.0 Å². The third-order valence-corrected chi connectivity index (χ3v) is 5.04. The standard InChI is InChI=1S/C14H21BrN2O/c1-4-11-14(15)12(17(5-2)16-11)8-10-6-7-13(18)9(10)3/h9-10H,4-8H2,1-3H3. The van der Waals surface area contributed by atoms with Crippen LogP contribution in [0.2, 0.25) is 0 Å². The average molecular weight is 313 g/mol. The lowest BCUT2D eigenvalue weighted by molar-refractivity contribution is -0.120. The molecule has 0 spiro atoms. The van der Waals surface area contributed by atoms with Crippen LogP contribution >= 0.6 is 15.9 Å². The van der Waals surface area contributed by atoms with Gasteiger partial charge in [0.15, 0.2) is 0 Å². The quantitative estimate of drug-likeness (QED) is 0.854. The molecular weight excluding hydrogens is 292 g/mol. The zero-order valence-corrected chi connectivity index (χ0v) is 13.0. The molecule has 1 aliphatic rings. The summed E-state index contributed by atoms with van der Waals surface area (Å²) in [5, 5.41) is 4.62. The smallest absolute Gasteiger partial charge is 0.136 e. The Hall–Kier alpha value is -0.640. The lowest BCUT2D eigenvalue weighted by atomic mass is 9.92. The summed E-state index contributed by atoms with van der Waals surface area (Å²) in [6, 6.07) is 0. The molecule has 0 N–H and O–H groups in total. The number of Topliss-reactive ketones (excluding diaryl/α,β-unsaturated/α-hetero) is 1. The van der Waals surface area contributed by atoms with Crippen molar-refractivity contribution in [3.8, 4) is 0 Å². The lowest BCUT2D eigenvalue weighted by Crippen LogP contribution is -2.15. The fourth-order valence-electron chi connectivity index (χ4n) is 2.81. The van der Waals surface area contributed by atoms with E-state index < -0.39 is 0 Å². The summed E-state index contributed by atoms with van der Waals surface area (Å²) in [6.07, 6.45) is 3.70. The van der Waals surface area contributed by atoms with Crippen molar-refractivity contribution in [3.63, 3.8) is 0 Å². The largest absolute Gasteiger partial charge is 0.299 e. The van der Waals surface area contributed by atoms with Crippen LogP contribution in [-0.4, -0.2) is 15.6 Å². The van der Waals surface area contributed by atoms with Crippen molar-refractivity contribution in [1.29, 1.82) is 0 Å². The Morgan fingerprint density at radius 3 is 2.67 bits per heavy atom. The van der Waals surface area contributed by atoms with E-state index in [0.29, 0.717) is 11.7 Å². The van der Waals surface area contributed by atoms with E-state index in [1.807, 2.05) is 0 Å². The first-order chi connectivity index (χ1) is 8.58. The van der Waals surface area contributed by atoms with Crippen molar-refractivity contribution < 1.29 is 4.79 Å². The highest BCUT2D eigenvalue weighted by molar-refractivity contribution is 9.10. The van der Waals surface area contributed by atoms with Gasteiger partial charge in [-0.25, -0.2) is 0 Å². The number of carbonyl (C=O) groups excluding carboxylic acids is 1. The second-order valence-corrected chi connectivity index (χ2v) is 5.93. The first-order valence-corrected chi connectivity index (χ1v) is 7.64. The predicted octanol–water partition coefficient (Wildman–Crippen LogP) is 3.39. The van der Waals surface area contributed by atoms with E-state index in [1.54, 1.807) is 0 Å². The molecular formula is C14H21BrN2O. The summed E-state index contributed by atoms with van der Waals surface area (Å²) in [7, 11) is 0. The lowest BCUT2D eigenvalue weighted by Gasteiger charge is -2.15. The predicted molar refractivity (Wildman–Crippen MR) is 75.6 cm³/mol. The molecule has 4 heteroatoms. The molecule has 1 saturated carbocycles. The van der Waals surface area contributed by atoms with E-state index in [0.717, 1.165) is 42.4 Å². The zero-order chi connectivity index (χ0) is 13.3. The molecule has 1 aliphatic carbocycles. The van der Waals surface area contributed by atoms with Gasteiger partial charge in [0.1, 0.15) is 5.78 Å². The second kappa shape index (κ2) is 5.55. The highest BCUT2D eigenvalue weighted by atomic mass is 79.9. The molecule has 2 unspecified atom stereocenters. The van der Waals surface area contributed by atoms with E-state index in [2.05, 4.69) is 46.5 Å². The molecule has 1 heterocycles. The number of ketones is 1. The van der Waals surface area contributed by atoms with Gasteiger partial charge in [0, 0.05) is 18.9 Å². The fraction of sp³-hybridized carbons (Fsp3) is 0.714. The van der Waals surface area contributed by atoms with Crippen LogP contribution in [0.3, 0.4) is 0 Å². The Morgan fingerprint density at radius 2 is 2.17 bits per heavy atom. The minimum Gasteiger partial charge on any atom is -0.299 e. The van der Waals surface area contributed by atoms with Gasteiger partial charge < -0.3 is 0 Å². The zero-order valence-electron chi connectivity index (χ0n) is 11.4. The third kappa shape index (κ3) is 2.40. The van der Waals surface area contributed by atoms with Gasteiger partial charge in [-0.2, -0.15) is 5.10 Å². The van der Waals surface area contributed by atoms with E-state index in [1.165, 1.54) is 5.69 Å². The number of rotatable bonds is 4. The maximum Gasteiger partial charge on any atom is 0.136 e. The Labute approximate surface area is 117 Å². The Balaban J connectivity index is 2.23. The minimum absolute atomic E-state index is 0.210. The maximum atomic E-state index is 11.6. The minimum atomic E-state index is 0.210. The highest BCUT2D eigenvalue weighted by Gasteiger charge is 2.32. The van der Waals surface area contributed by atoms with Gasteiger partial charge in [-0.1, -0.05) is 13.8 Å². The molecule has 2 rings (SSSR count). The summed E-state index contributed by atoms with van der Waals surface area (Å²) in [5.74, 6) is 1.12. The number of hydrogen-bond acceptors (Lipinski definition) is 2. The normalized spacial score (nSPS) is 23.9. The van der Waals surface area contributed by atoms with Crippen molar-refractivity contribution in [2.45, 2.75) is 53.0 Å². The van der Waals surface area contributed by atoms with Gasteiger partial charge in [-0.3, -0.25) is 9.48 Å². The number of hydrogen-bond donors (Lipinski definition) is 0. The van der Waals surface area contributed by atoms with E-state index in [-0.39, 0.29) is 5.92 Å². The summed E-state index contributed by atoms with van der Waals surface area (Å²) in [5.41, 5.74) is 2.39. The van der Waals surface area contributed by atoms with Crippen LogP contribution in [0, 0.1) is 11.8 Å². The third-order valence-electron chi connectivity index (χ3n) is 4.13. The van der Waals surface area contributed by atoms with E-state index >= 15 is 0 Å². The molecule has 0 aliphatic heterocycles. The summed E-state index contributed by atoms with van der Waals surface area (Å²) in [4.78, 5) is 11.6. The second-order valence-electron chi connectivity index (χ2n) is 5.13. The SMILES string of the molecule is CCc1nn(CC)c(CC2CCC(=O)C2C)c1Br. The van der Waals surface area contributed by atoms with Gasteiger partial charge in [0.05, 0.1) is 15.9 Å². The topological polar surface area (TPSA) is 34.9 Å².